The molecule has 0 spiro atoms. The molecular weight excluding hydrogens is 1200 g/mol. The number of aromatic amines is 2. The summed E-state index contributed by atoms with van der Waals surface area (Å²) in [6.45, 7) is 35.1. The van der Waals surface area contributed by atoms with Gasteiger partial charge in [-0.1, -0.05) is 129 Å². The molecule has 6 nitrogen and oxygen atoms in total. The molecule has 0 atom stereocenters. The van der Waals surface area contributed by atoms with E-state index in [9.17, 15) is 0 Å². The number of fused-ring (bicyclic) bond motifs is 11. The SMILES string of the molecule is Cc1cc(C)c(-c2ccc3ccc4cc(C#Cc5ccc(-c6c7nc(c(-c8c(C)cc(C)cc8C)c8ccc([nH]8)c(-c8c(C)cc(C)cc8C)c8nc(c(-c9c(C)cc(C)cc9C)c9ccc6[nH]9)C=C8)C=C7)cc5)c(-c5c(C)c(C)c(Br)c(C)c5C)nc4c3n2)c(C)c1. The molecule has 2 aliphatic heterocycles. The summed E-state index contributed by atoms with van der Waals surface area (Å²) < 4.78 is 1.12. The van der Waals surface area contributed by atoms with Gasteiger partial charge in [-0.25, -0.2) is 19.9 Å². The van der Waals surface area contributed by atoms with E-state index in [0.717, 1.165) is 144 Å². The van der Waals surface area contributed by atoms with Gasteiger partial charge in [-0.15, -0.1) is 0 Å². The summed E-state index contributed by atoms with van der Waals surface area (Å²) in [5.41, 5.74) is 42.8. The summed E-state index contributed by atoms with van der Waals surface area (Å²) in [7, 11) is 0. The van der Waals surface area contributed by atoms with Crippen molar-refractivity contribution in [1.29, 1.82) is 0 Å². The van der Waals surface area contributed by atoms with Gasteiger partial charge < -0.3 is 9.97 Å². The van der Waals surface area contributed by atoms with Crippen molar-refractivity contribution in [2.75, 3.05) is 0 Å². The van der Waals surface area contributed by atoms with Crippen LogP contribution in [0, 0.1) is 123 Å². The first kappa shape index (κ1) is 60.6. The Kier molecular flexibility index (Phi) is 15.2. The van der Waals surface area contributed by atoms with Crippen LogP contribution in [-0.4, -0.2) is 29.9 Å². The topological polar surface area (TPSA) is 83.1 Å². The summed E-state index contributed by atoms with van der Waals surface area (Å²) in [4.78, 5) is 30.6. The average molecular weight is 1270 g/mol. The van der Waals surface area contributed by atoms with Crippen LogP contribution in [0.15, 0.2) is 132 Å². The maximum atomic E-state index is 5.73. The van der Waals surface area contributed by atoms with Crippen molar-refractivity contribution in [2.45, 2.75) is 111 Å². The Morgan fingerprint density at radius 2 is 0.677 bits per heavy atom. The van der Waals surface area contributed by atoms with Gasteiger partial charge in [0.15, 0.2) is 0 Å². The van der Waals surface area contributed by atoms with Crippen LogP contribution in [0.2, 0.25) is 0 Å². The van der Waals surface area contributed by atoms with Crippen LogP contribution in [0.3, 0.4) is 0 Å². The zero-order chi connectivity index (χ0) is 65.2. The number of pyridine rings is 2. The standard InChI is InChI=1S/C86H75BrN6/c1-44-35-48(5)74(49(6)36-44)65-26-25-62-23-24-64-43-63(84(93-86(64)85(62)92-65)78-56(13)58(15)83(87)59(16)57(78)14)22-19-60-17-20-61(21-18-60)79-66-27-29-68(88-66)80(75-50(7)37-45(2)38-51(75)8)70-31-33-72(90-70)82(77-54(11)41-47(4)42-55(77)12)73-34-32-71(91-73)81(69-30-28-67(79)89-69)76-52(9)39-46(3)40-53(76)10/h17-18,20-21,23-43,88,91H,1-16H3. The summed E-state index contributed by atoms with van der Waals surface area (Å²) in [5.74, 6) is 7.35. The first-order valence-electron chi connectivity index (χ1n) is 32.2. The number of hydrogen-bond acceptors (Lipinski definition) is 4. The molecule has 7 heterocycles. The largest absolute Gasteiger partial charge is 0.354 e. The van der Waals surface area contributed by atoms with E-state index in [0.29, 0.717) is 0 Å². The zero-order valence-corrected chi connectivity index (χ0v) is 57.7. The molecule has 7 aromatic carbocycles. The van der Waals surface area contributed by atoms with Crippen molar-refractivity contribution in [1.82, 2.24) is 29.9 Å². The Morgan fingerprint density at radius 1 is 0.312 bits per heavy atom. The van der Waals surface area contributed by atoms with Crippen molar-refractivity contribution in [3.63, 3.8) is 0 Å². The van der Waals surface area contributed by atoms with Crippen LogP contribution in [-0.2, 0) is 0 Å². The maximum absolute atomic E-state index is 5.73. The third-order valence-corrected chi connectivity index (χ3v) is 20.6. The first-order chi connectivity index (χ1) is 44.6. The highest BCUT2D eigenvalue weighted by Crippen LogP contribution is 2.44. The van der Waals surface area contributed by atoms with Crippen molar-refractivity contribution in [3.8, 4) is 78.9 Å². The number of aryl methyl sites for hydroxylation is 12. The molecule has 12 aromatic rings. The molecule has 93 heavy (non-hydrogen) atoms. The van der Waals surface area contributed by atoms with Gasteiger partial charge in [0.05, 0.1) is 50.8 Å². The highest BCUT2D eigenvalue weighted by atomic mass is 79.9. The molecule has 0 aliphatic carbocycles. The van der Waals surface area contributed by atoms with Crippen LogP contribution in [0.5, 0.6) is 0 Å². The van der Waals surface area contributed by atoms with Gasteiger partial charge in [0.1, 0.15) is 0 Å². The lowest BCUT2D eigenvalue weighted by atomic mass is 9.89. The fourth-order valence-electron chi connectivity index (χ4n) is 15.3. The fraction of sp³-hybridized carbons (Fsp3) is 0.186. The number of hydrogen-bond donors (Lipinski definition) is 2. The molecule has 0 amide bonds. The second-order valence-corrected chi connectivity index (χ2v) is 27.2. The Hall–Kier alpha value is -10.0. The van der Waals surface area contributed by atoms with E-state index in [4.69, 9.17) is 19.9 Å². The van der Waals surface area contributed by atoms with Crippen molar-refractivity contribution >= 4 is 84.1 Å². The molecule has 0 radical (unpaired) electrons. The van der Waals surface area contributed by atoms with Crippen molar-refractivity contribution < 1.29 is 0 Å². The van der Waals surface area contributed by atoms with Crippen LogP contribution < -0.4 is 0 Å². The molecule has 2 N–H and O–H groups in total. The lowest BCUT2D eigenvalue weighted by molar-refractivity contribution is 1.20. The van der Waals surface area contributed by atoms with Gasteiger partial charge in [-0.05, 0) is 273 Å². The second-order valence-electron chi connectivity index (χ2n) is 26.4. The highest BCUT2D eigenvalue weighted by Gasteiger charge is 2.25. The Balaban J connectivity index is 0.998. The molecule has 7 heteroatoms. The number of rotatable bonds is 6. The monoisotopic (exact) mass is 1270 g/mol. The van der Waals surface area contributed by atoms with Gasteiger partial charge in [-0.2, -0.15) is 0 Å². The van der Waals surface area contributed by atoms with E-state index in [1.165, 1.54) is 94.6 Å². The average Bonchev–Trinajstić information content (AvgIpc) is 1.52. The Morgan fingerprint density at radius 3 is 1.11 bits per heavy atom. The molecule has 14 rings (SSSR count). The van der Waals surface area contributed by atoms with Crippen LogP contribution in [0.25, 0.3) is 135 Å². The van der Waals surface area contributed by atoms with Gasteiger partial charge >= 0.3 is 0 Å². The minimum atomic E-state index is 0.850. The molecule has 8 bridgehead atoms. The smallest absolute Gasteiger partial charge is 0.0973 e. The fourth-order valence-corrected chi connectivity index (χ4v) is 15.9. The van der Waals surface area contributed by atoms with Crippen LogP contribution >= 0.6 is 15.9 Å². The van der Waals surface area contributed by atoms with E-state index in [2.05, 4.69) is 300 Å². The van der Waals surface area contributed by atoms with Gasteiger partial charge in [0.2, 0.25) is 0 Å². The number of H-pyrrole nitrogens is 2. The lowest BCUT2D eigenvalue weighted by Crippen LogP contribution is -2.02. The number of nitrogens with zero attached hydrogens (tertiary/aromatic N) is 4. The minimum Gasteiger partial charge on any atom is -0.354 e. The number of halogens is 1. The van der Waals surface area contributed by atoms with Crippen LogP contribution in [0.4, 0.5) is 0 Å². The highest BCUT2D eigenvalue weighted by molar-refractivity contribution is 9.10. The van der Waals surface area contributed by atoms with E-state index < -0.39 is 0 Å². The Labute approximate surface area is 554 Å². The third-order valence-electron chi connectivity index (χ3n) is 19.4. The van der Waals surface area contributed by atoms with E-state index >= 15 is 0 Å². The van der Waals surface area contributed by atoms with E-state index in [-0.39, 0.29) is 0 Å². The van der Waals surface area contributed by atoms with Crippen molar-refractivity contribution in [3.05, 3.63) is 255 Å². The van der Waals surface area contributed by atoms with Gasteiger partial charge in [-0.3, -0.25) is 0 Å². The van der Waals surface area contributed by atoms with Crippen LogP contribution in [0.1, 0.15) is 123 Å². The van der Waals surface area contributed by atoms with Gasteiger partial charge in [0.25, 0.3) is 0 Å². The lowest BCUT2D eigenvalue weighted by Gasteiger charge is -2.19. The molecule has 456 valence electrons. The first-order valence-corrected chi connectivity index (χ1v) is 33.0. The maximum Gasteiger partial charge on any atom is 0.0973 e. The molecule has 0 fully saturated rings. The number of aromatic nitrogens is 6. The zero-order valence-electron chi connectivity index (χ0n) is 56.1. The molecule has 0 saturated heterocycles. The predicted octanol–water partition coefficient (Wildman–Crippen LogP) is 22.9. The third kappa shape index (κ3) is 10.6. The molecule has 0 unspecified atom stereocenters. The second kappa shape index (κ2) is 23.3. The number of nitrogens with one attached hydrogen (secondary N) is 2. The van der Waals surface area contributed by atoms with Gasteiger partial charge in [0, 0.05) is 76.3 Å². The normalized spacial score (nSPS) is 12.0. The summed E-state index contributed by atoms with van der Waals surface area (Å²) in [6, 6.07) is 46.7. The molecule has 2 aliphatic rings. The summed E-state index contributed by atoms with van der Waals surface area (Å²) in [6.07, 6.45) is 8.80. The molecule has 5 aromatic heterocycles. The minimum absolute atomic E-state index is 0.850. The van der Waals surface area contributed by atoms with E-state index in [1.54, 1.807) is 0 Å². The van der Waals surface area contributed by atoms with E-state index in [1.807, 2.05) is 0 Å². The molecule has 0 saturated carbocycles. The van der Waals surface area contributed by atoms with Crippen molar-refractivity contribution in [2.24, 2.45) is 0 Å². The Bertz CT molecular complexity index is 5400. The summed E-state index contributed by atoms with van der Waals surface area (Å²) >= 11 is 3.94. The summed E-state index contributed by atoms with van der Waals surface area (Å²) in [5, 5.41) is 2.03. The molecular formula is C86H75BrN6. The number of benzene rings is 7. The quantitative estimate of drug-likeness (QED) is 0.128. The predicted molar refractivity (Wildman–Crippen MR) is 398 cm³/mol.